The predicted octanol–water partition coefficient (Wildman–Crippen LogP) is 1.81. The van der Waals surface area contributed by atoms with E-state index in [2.05, 4.69) is 25.1 Å². The van der Waals surface area contributed by atoms with Gasteiger partial charge in [-0.05, 0) is 44.4 Å². The van der Waals surface area contributed by atoms with E-state index in [9.17, 15) is 0 Å². The van der Waals surface area contributed by atoms with Gasteiger partial charge in [-0.15, -0.1) is 5.10 Å². The maximum atomic E-state index is 5.60. The lowest BCUT2D eigenvalue weighted by Crippen LogP contribution is -2.25. The molecule has 1 aliphatic heterocycles. The van der Waals surface area contributed by atoms with Gasteiger partial charge in [0, 0.05) is 18.4 Å². The molecule has 0 aromatic carbocycles. The highest BCUT2D eigenvalue weighted by atomic mass is 15.3. The van der Waals surface area contributed by atoms with Crippen molar-refractivity contribution in [3.05, 3.63) is 35.3 Å². The first-order valence-corrected chi connectivity index (χ1v) is 6.81. The van der Waals surface area contributed by atoms with Gasteiger partial charge in [0.2, 0.25) is 5.95 Å². The van der Waals surface area contributed by atoms with Crippen molar-refractivity contribution in [3.63, 3.8) is 0 Å². The van der Waals surface area contributed by atoms with Crippen molar-refractivity contribution in [3.8, 4) is 0 Å². The van der Waals surface area contributed by atoms with Crippen molar-refractivity contribution < 1.29 is 0 Å². The second kappa shape index (κ2) is 5.03. The number of hydrogen-bond acceptors (Lipinski definition) is 6. The second-order valence-corrected chi connectivity index (χ2v) is 5.17. The zero-order valence-electron chi connectivity index (χ0n) is 11.7. The van der Waals surface area contributed by atoms with Crippen LogP contribution in [0, 0.1) is 13.8 Å². The minimum absolute atomic E-state index is 0.185. The van der Waals surface area contributed by atoms with E-state index in [0.717, 1.165) is 42.3 Å². The Balaban J connectivity index is 1.92. The first-order valence-electron chi connectivity index (χ1n) is 6.81. The molecule has 6 heteroatoms. The summed E-state index contributed by atoms with van der Waals surface area (Å²) in [5.74, 6) is 1.22. The van der Waals surface area contributed by atoms with Crippen LogP contribution in [-0.2, 0) is 0 Å². The van der Waals surface area contributed by atoms with Gasteiger partial charge in [0.15, 0.2) is 0 Å². The Morgan fingerprint density at radius 2 is 2.10 bits per heavy atom. The molecule has 0 radical (unpaired) electrons. The number of nitrogens with zero attached hydrogens (tertiary/aromatic N) is 5. The third-order valence-corrected chi connectivity index (χ3v) is 3.77. The van der Waals surface area contributed by atoms with Crippen LogP contribution in [0.15, 0.2) is 18.3 Å². The molecule has 3 heterocycles. The Hall–Kier alpha value is -2.24. The number of aryl methyl sites for hydroxylation is 2. The van der Waals surface area contributed by atoms with Gasteiger partial charge in [0.25, 0.3) is 0 Å². The van der Waals surface area contributed by atoms with Gasteiger partial charge in [-0.25, -0.2) is 9.97 Å². The molecule has 0 spiro atoms. The Bertz CT molecular complexity index is 610. The Morgan fingerprint density at radius 3 is 2.80 bits per heavy atom. The molecule has 1 saturated heterocycles. The lowest BCUT2D eigenvalue weighted by molar-refractivity contribution is 0.664. The molecular weight excluding hydrogens is 252 g/mol. The van der Waals surface area contributed by atoms with Crippen molar-refractivity contribution in [2.75, 3.05) is 17.2 Å². The summed E-state index contributed by atoms with van der Waals surface area (Å²) in [6, 6.07) is 3.91. The Morgan fingerprint density at radius 1 is 1.25 bits per heavy atom. The molecule has 2 aromatic heterocycles. The van der Waals surface area contributed by atoms with Crippen LogP contribution in [0.2, 0.25) is 0 Å². The summed E-state index contributed by atoms with van der Waals surface area (Å²) in [7, 11) is 0. The van der Waals surface area contributed by atoms with Crippen molar-refractivity contribution in [1.82, 2.24) is 20.2 Å². The predicted molar refractivity (Wildman–Crippen MR) is 77.3 cm³/mol. The van der Waals surface area contributed by atoms with E-state index in [-0.39, 0.29) is 6.04 Å². The highest BCUT2D eigenvalue weighted by Crippen LogP contribution is 2.33. The third kappa shape index (κ3) is 2.29. The van der Waals surface area contributed by atoms with Gasteiger partial charge in [-0.3, -0.25) is 0 Å². The maximum Gasteiger partial charge on any atom is 0.226 e. The van der Waals surface area contributed by atoms with Gasteiger partial charge in [-0.2, -0.15) is 5.10 Å². The Kier molecular flexibility index (Phi) is 3.22. The molecule has 2 N–H and O–H groups in total. The molecule has 2 aromatic rings. The van der Waals surface area contributed by atoms with Crippen LogP contribution in [0.25, 0.3) is 0 Å². The van der Waals surface area contributed by atoms with Crippen LogP contribution in [0.3, 0.4) is 0 Å². The molecule has 0 bridgehead atoms. The van der Waals surface area contributed by atoms with E-state index in [4.69, 9.17) is 5.73 Å². The topological polar surface area (TPSA) is 80.8 Å². The third-order valence-electron chi connectivity index (χ3n) is 3.77. The molecule has 20 heavy (non-hydrogen) atoms. The zero-order chi connectivity index (χ0) is 14.1. The molecule has 104 valence electrons. The molecule has 0 amide bonds. The summed E-state index contributed by atoms with van der Waals surface area (Å²) in [4.78, 5) is 11.2. The highest BCUT2D eigenvalue weighted by Gasteiger charge is 2.29. The average Bonchev–Trinajstić information content (AvgIpc) is 2.92. The van der Waals surface area contributed by atoms with Crippen LogP contribution < -0.4 is 10.6 Å². The summed E-state index contributed by atoms with van der Waals surface area (Å²) in [5, 5.41) is 8.15. The summed E-state index contributed by atoms with van der Waals surface area (Å²) in [6.45, 7) is 4.97. The minimum atomic E-state index is 0.185. The molecular formula is C14H18N6. The largest absolute Gasteiger partial charge is 0.382 e. The van der Waals surface area contributed by atoms with Crippen LogP contribution in [0.1, 0.15) is 35.8 Å². The number of anilines is 2. The van der Waals surface area contributed by atoms with Gasteiger partial charge in [-0.1, -0.05) is 0 Å². The monoisotopic (exact) mass is 270 g/mol. The van der Waals surface area contributed by atoms with Crippen molar-refractivity contribution in [2.45, 2.75) is 32.7 Å². The SMILES string of the molecule is Cc1cnc(N2CCCC2c2ccc(N)nn2)nc1C. The van der Waals surface area contributed by atoms with Crippen molar-refractivity contribution in [1.29, 1.82) is 0 Å². The van der Waals surface area contributed by atoms with Crippen LogP contribution in [0.4, 0.5) is 11.8 Å². The van der Waals surface area contributed by atoms with Gasteiger partial charge in [0.05, 0.1) is 11.7 Å². The molecule has 0 aliphatic carbocycles. The van der Waals surface area contributed by atoms with E-state index in [1.54, 1.807) is 6.07 Å². The fraction of sp³-hybridized carbons (Fsp3) is 0.429. The fourth-order valence-corrected chi connectivity index (χ4v) is 2.50. The summed E-state index contributed by atoms with van der Waals surface area (Å²) in [5.41, 5.74) is 8.65. The van der Waals surface area contributed by atoms with E-state index in [0.29, 0.717) is 5.82 Å². The molecule has 3 rings (SSSR count). The van der Waals surface area contributed by atoms with Gasteiger partial charge in [0.1, 0.15) is 5.82 Å². The number of aromatic nitrogens is 4. The summed E-state index contributed by atoms with van der Waals surface area (Å²) in [6.07, 6.45) is 4.02. The minimum Gasteiger partial charge on any atom is -0.382 e. The molecule has 1 fully saturated rings. The van der Waals surface area contributed by atoms with E-state index < -0.39 is 0 Å². The number of rotatable bonds is 2. The lowest BCUT2D eigenvalue weighted by atomic mass is 10.1. The summed E-state index contributed by atoms with van der Waals surface area (Å²) >= 11 is 0. The van der Waals surface area contributed by atoms with Crippen molar-refractivity contribution in [2.24, 2.45) is 0 Å². The first kappa shape index (κ1) is 12.8. The zero-order valence-corrected chi connectivity index (χ0v) is 11.7. The maximum absolute atomic E-state index is 5.60. The standard InChI is InChI=1S/C14H18N6/c1-9-8-16-14(17-10(9)2)20-7-3-4-12(20)11-5-6-13(15)19-18-11/h5-6,8,12H,3-4,7H2,1-2H3,(H2,15,19). The highest BCUT2D eigenvalue weighted by molar-refractivity contribution is 5.38. The molecule has 6 nitrogen and oxygen atoms in total. The first-order chi connectivity index (χ1) is 9.65. The van der Waals surface area contributed by atoms with Crippen LogP contribution in [-0.4, -0.2) is 26.7 Å². The molecule has 1 aliphatic rings. The van der Waals surface area contributed by atoms with Crippen molar-refractivity contribution >= 4 is 11.8 Å². The van der Waals surface area contributed by atoms with E-state index in [1.807, 2.05) is 26.1 Å². The molecule has 0 saturated carbocycles. The second-order valence-electron chi connectivity index (χ2n) is 5.17. The number of nitrogens with two attached hydrogens (primary N) is 1. The Labute approximate surface area is 118 Å². The molecule has 1 atom stereocenters. The van der Waals surface area contributed by atoms with Gasteiger partial charge >= 0.3 is 0 Å². The average molecular weight is 270 g/mol. The lowest BCUT2D eigenvalue weighted by Gasteiger charge is -2.24. The van der Waals surface area contributed by atoms with E-state index >= 15 is 0 Å². The van der Waals surface area contributed by atoms with Crippen LogP contribution in [0.5, 0.6) is 0 Å². The van der Waals surface area contributed by atoms with Gasteiger partial charge < -0.3 is 10.6 Å². The van der Waals surface area contributed by atoms with Crippen LogP contribution >= 0.6 is 0 Å². The normalized spacial score (nSPS) is 18.5. The molecule has 1 unspecified atom stereocenters. The number of hydrogen-bond donors (Lipinski definition) is 1. The quantitative estimate of drug-likeness (QED) is 0.896. The summed E-state index contributed by atoms with van der Waals surface area (Å²) < 4.78 is 0. The van der Waals surface area contributed by atoms with E-state index in [1.165, 1.54) is 0 Å². The fourth-order valence-electron chi connectivity index (χ4n) is 2.50. The smallest absolute Gasteiger partial charge is 0.226 e. The number of nitrogen functional groups attached to an aromatic ring is 1.